The van der Waals surface area contributed by atoms with Crippen LogP contribution in [0.1, 0.15) is 74.5 Å². The number of benzene rings is 2. The van der Waals surface area contributed by atoms with E-state index in [0.717, 1.165) is 11.6 Å². The summed E-state index contributed by atoms with van der Waals surface area (Å²) in [4.78, 5) is 4.04. The minimum absolute atomic E-state index is 0.713. The molecule has 2 aromatic rings. The molecule has 3 rings (SSSR count). The molecule has 0 atom stereocenters. The highest BCUT2D eigenvalue weighted by Crippen LogP contribution is 2.37. The third-order valence-corrected chi connectivity index (χ3v) is 6.16. The largest absolute Gasteiger partial charge is 0.195 e. The Balaban J connectivity index is 1.43. The molecule has 2 heteroatoms. The highest BCUT2D eigenvalue weighted by molar-refractivity contribution is 7.78. The van der Waals surface area contributed by atoms with Gasteiger partial charge in [0.2, 0.25) is 0 Å². The zero-order valence-corrected chi connectivity index (χ0v) is 17.3. The van der Waals surface area contributed by atoms with Crippen molar-refractivity contribution in [2.75, 3.05) is 0 Å². The Bertz CT molecular complexity index is 733. The van der Waals surface area contributed by atoms with E-state index in [4.69, 9.17) is 0 Å². The Labute approximate surface area is 169 Å². The Kier molecular flexibility index (Phi) is 7.80. The molecule has 0 bridgehead atoms. The Morgan fingerprint density at radius 1 is 0.889 bits per heavy atom. The van der Waals surface area contributed by atoms with Crippen LogP contribution in [0.2, 0.25) is 0 Å². The van der Waals surface area contributed by atoms with Gasteiger partial charge in [0.1, 0.15) is 0 Å². The van der Waals surface area contributed by atoms with Gasteiger partial charge < -0.3 is 0 Å². The van der Waals surface area contributed by atoms with Crippen LogP contribution >= 0.6 is 12.2 Å². The van der Waals surface area contributed by atoms with E-state index in [1.54, 1.807) is 0 Å². The molecule has 1 aliphatic rings. The highest BCUT2D eigenvalue weighted by atomic mass is 32.1. The van der Waals surface area contributed by atoms with Gasteiger partial charge in [0.15, 0.2) is 0 Å². The SMILES string of the molecule is CCCCc1ccc(CCC2CCC(c3ccc(N=C=S)cc3)CC2)cc1. The zero-order chi connectivity index (χ0) is 18.9. The topological polar surface area (TPSA) is 12.4 Å². The monoisotopic (exact) mass is 377 g/mol. The summed E-state index contributed by atoms with van der Waals surface area (Å²) in [5.41, 5.74) is 5.36. The average Bonchev–Trinajstić information content (AvgIpc) is 2.73. The predicted molar refractivity (Wildman–Crippen MR) is 119 cm³/mol. The minimum atomic E-state index is 0.713. The smallest absolute Gasteiger partial charge is 0.0739 e. The van der Waals surface area contributed by atoms with Gasteiger partial charge in [0.25, 0.3) is 0 Å². The first kappa shape index (κ1) is 20.0. The van der Waals surface area contributed by atoms with Crippen LogP contribution < -0.4 is 0 Å². The van der Waals surface area contributed by atoms with Crippen molar-refractivity contribution < 1.29 is 0 Å². The number of thiocarbonyl (C=S) groups is 1. The molecule has 27 heavy (non-hydrogen) atoms. The number of rotatable bonds is 8. The van der Waals surface area contributed by atoms with E-state index in [-0.39, 0.29) is 0 Å². The van der Waals surface area contributed by atoms with Crippen LogP contribution in [0.3, 0.4) is 0 Å². The number of hydrogen-bond acceptors (Lipinski definition) is 2. The maximum Gasteiger partial charge on any atom is 0.0739 e. The minimum Gasteiger partial charge on any atom is -0.195 e. The predicted octanol–water partition coefficient (Wildman–Crippen LogP) is 7.67. The molecule has 0 N–H and O–H groups in total. The lowest BCUT2D eigenvalue weighted by Gasteiger charge is -2.29. The maximum atomic E-state index is 4.67. The molecule has 0 aliphatic heterocycles. The third-order valence-electron chi connectivity index (χ3n) is 6.07. The fourth-order valence-corrected chi connectivity index (χ4v) is 4.39. The van der Waals surface area contributed by atoms with Crippen molar-refractivity contribution in [3.8, 4) is 0 Å². The molecule has 2 aromatic carbocycles. The summed E-state index contributed by atoms with van der Waals surface area (Å²) in [6.45, 7) is 2.26. The Morgan fingerprint density at radius 2 is 1.52 bits per heavy atom. The Morgan fingerprint density at radius 3 is 2.11 bits per heavy atom. The number of nitrogens with zero attached hydrogens (tertiary/aromatic N) is 1. The van der Waals surface area contributed by atoms with Gasteiger partial charge in [0.05, 0.1) is 10.8 Å². The lowest BCUT2D eigenvalue weighted by Crippen LogP contribution is -2.14. The summed E-state index contributed by atoms with van der Waals surface area (Å²) in [5.74, 6) is 1.60. The zero-order valence-electron chi connectivity index (χ0n) is 16.5. The van der Waals surface area contributed by atoms with Crippen LogP contribution in [0.15, 0.2) is 53.5 Å². The standard InChI is InChI=1S/C25H31NS/c1-2-3-4-20-5-7-21(8-6-20)9-10-22-11-13-23(14-12-22)24-15-17-25(18-16-24)26-19-27/h5-8,15-18,22-23H,2-4,9-14H2,1H3. The second-order valence-corrected chi connectivity index (χ2v) is 8.15. The van der Waals surface area contributed by atoms with Crippen LogP contribution in [0.5, 0.6) is 0 Å². The lowest BCUT2D eigenvalue weighted by molar-refractivity contribution is 0.310. The number of isothiocyanates is 1. The van der Waals surface area contributed by atoms with Gasteiger partial charge in [-0.3, -0.25) is 0 Å². The van der Waals surface area contributed by atoms with E-state index in [9.17, 15) is 0 Å². The molecule has 142 valence electrons. The van der Waals surface area contributed by atoms with E-state index in [2.05, 4.69) is 77.8 Å². The van der Waals surface area contributed by atoms with E-state index >= 15 is 0 Å². The fourth-order valence-electron chi connectivity index (χ4n) is 4.28. The Hall–Kier alpha value is -1.76. The van der Waals surface area contributed by atoms with Gasteiger partial charge in [0, 0.05) is 0 Å². The first-order valence-electron chi connectivity index (χ1n) is 10.5. The second-order valence-electron chi connectivity index (χ2n) is 7.97. The van der Waals surface area contributed by atoms with Crippen LogP contribution in [0.4, 0.5) is 5.69 Å². The fraction of sp³-hybridized carbons (Fsp3) is 0.480. The molecule has 0 unspecified atom stereocenters. The van der Waals surface area contributed by atoms with E-state index in [1.807, 2.05) is 0 Å². The molecular weight excluding hydrogens is 346 g/mol. The van der Waals surface area contributed by atoms with Gasteiger partial charge >= 0.3 is 0 Å². The van der Waals surface area contributed by atoms with Crippen molar-refractivity contribution in [1.82, 2.24) is 0 Å². The second kappa shape index (κ2) is 10.5. The molecule has 0 amide bonds. The van der Waals surface area contributed by atoms with E-state index in [1.165, 1.54) is 74.5 Å². The molecule has 0 aromatic heterocycles. The molecule has 0 saturated heterocycles. The molecule has 0 radical (unpaired) electrons. The third kappa shape index (κ3) is 6.13. The number of aliphatic imine (C=N–C) groups is 1. The van der Waals surface area contributed by atoms with Gasteiger partial charge in [-0.15, -0.1) is 0 Å². The lowest BCUT2D eigenvalue weighted by atomic mass is 9.77. The van der Waals surface area contributed by atoms with Crippen molar-refractivity contribution in [3.05, 3.63) is 65.2 Å². The number of unbranched alkanes of at least 4 members (excludes halogenated alkanes) is 1. The molecule has 0 heterocycles. The van der Waals surface area contributed by atoms with Crippen molar-refractivity contribution in [3.63, 3.8) is 0 Å². The van der Waals surface area contributed by atoms with E-state index in [0.29, 0.717) is 5.92 Å². The van der Waals surface area contributed by atoms with Crippen LogP contribution in [-0.4, -0.2) is 5.16 Å². The van der Waals surface area contributed by atoms with Gasteiger partial charge in [-0.25, -0.2) is 0 Å². The van der Waals surface area contributed by atoms with Crippen molar-refractivity contribution in [2.24, 2.45) is 10.9 Å². The highest BCUT2D eigenvalue weighted by Gasteiger charge is 2.22. The normalized spacial score (nSPS) is 19.4. The van der Waals surface area contributed by atoms with Crippen LogP contribution in [0.25, 0.3) is 0 Å². The number of hydrogen-bond donors (Lipinski definition) is 0. The van der Waals surface area contributed by atoms with Crippen LogP contribution in [0, 0.1) is 5.92 Å². The summed E-state index contributed by atoms with van der Waals surface area (Å²) in [7, 11) is 0. The molecule has 0 spiro atoms. The van der Waals surface area contributed by atoms with Crippen molar-refractivity contribution in [1.29, 1.82) is 0 Å². The van der Waals surface area contributed by atoms with Gasteiger partial charge in [-0.05, 0) is 104 Å². The van der Waals surface area contributed by atoms with Gasteiger partial charge in [-0.1, -0.05) is 49.7 Å². The molecule has 1 fully saturated rings. The molecule has 1 nitrogen and oxygen atoms in total. The quantitative estimate of drug-likeness (QED) is 0.339. The van der Waals surface area contributed by atoms with Crippen LogP contribution in [-0.2, 0) is 12.8 Å². The molecular formula is C25H31NS. The summed E-state index contributed by atoms with van der Waals surface area (Å²) in [6.07, 6.45) is 11.7. The van der Waals surface area contributed by atoms with Crippen molar-refractivity contribution in [2.45, 2.75) is 70.6 Å². The first-order chi connectivity index (χ1) is 13.3. The van der Waals surface area contributed by atoms with Crippen molar-refractivity contribution >= 4 is 23.1 Å². The average molecular weight is 378 g/mol. The van der Waals surface area contributed by atoms with Gasteiger partial charge in [-0.2, -0.15) is 4.99 Å². The molecule has 1 aliphatic carbocycles. The number of aryl methyl sites for hydroxylation is 2. The maximum absolute atomic E-state index is 4.67. The van der Waals surface area contributed by atoms with E-state index < -0.39 is 0 Å². The molecule has 1 saturated carbocycles. The first-order valence-corrected chi connectivity index (χ1v) is 10.9. The summed E-state index contributed by atoms with van der Waals surface area (Å²) in [6, 6.07) is 17.9. The summed E-state index contributed by atoms with van der Waals surface area (Å²) >= 11 is 4.67. The summed E-state index contributed by atoms with van der Waals surface area (Å²) < 4.78 is 0. The summed E-state index contributed by atoms with van der Waals surface area (Å²) in [5, 5.41) is 2.44.